The molecule has 0 aromatic heterocycles. The van der Waals surface area contributed by atoms with Crippen LogP contribution in [0.5, 0.6) is 0 Å². The molecule has 3 fully saturated rings. The molecule has 0 aromatic rings. The van der Waals surface area contributed by atoms with Gasteiger partial charge in [-0.1, -0.05) is 19.1 Å². The monoisotopic (exact) mass is 302 g/mol. The number of piperidine rings is 1. The lowest BCUT2D eigenvalue weighted by atomic mass is 9.85. The minimum absolute atomic E-state index is 0.0571. The second kappa shape index (κ2) is 4.93. The fourth-order valence-electron chi connectivity index (χ4n) is 4.61. The van der Waals surface area contributed by atoms with Gasteiger partial charge in [0.2, 0.25) is 17.7 Å². The molecule has 1 saturated carbocycles. The maximum absolute atomic E-state index is 12.6. The van der Waals surface area contributed by atoms with Crippen molar-refractivity contribution in [2.75, 3.05) is 19.6 Å². The molecule has 118 valence electrons. The zero-order chi connectivity index (χ0) is 15.4. The van der Waals surface area contributed by atoms with E-state index >= 15 is 0 Å². The Balaban J connectivity index is 1.45. The van der Waals surface area contributed by atoms with Gasteiger partial charge in [-0.3, -0.25) is 19.3 Å². The molecule has 0 radical (unpaired) electrons. The highest BCUT2D eigenvalue weighted by Gasteiger charge is 2.59. The second-order valence-electron chi connectivity index (χ2n) is 7.33. The molecule has 2 bridgehead atoms. The Kier molecular flexibility index (Phi) is 3.13. The zero-order valence-electron chi connectivity index (χ0n) is 12.9. The predicted molar refractivity (Wildman–Crippen MR) is 79.4 cm³/mol. The van der Waals surface area contributed by atoms with Crippen molar-refractivity contribution in [3.8, 4) is 0 Å². The van der Waals surface area contributed by atoms with Crippen LogP contribution in [0, 0.1) is 29.6 Å². The number of rotatable bonds is 2. The normalized spacial score (nSPS) is 37.3. The van der Waals surface area contributed by atoms with Crippen molar-refractivity contribution >= 4 is 17.7 Å². The van der Waals surface area contributed by atoms with E-state index in [0.717, 1.165) is 32.4 Å². The van der Waals surface area contributed by atoms with Gasteiger partial charge in [0, 0.05) is 13.1 Å². The van der Waals surface area contributed by atoms with Crippen LogP contribution in [0.25, 0.3) is 0 Å². The van der Waals surface area contributed by atoms with Gasteiger partial charge in [-0.05, 0) is 37.0 Å². The van der Waals surface area contributed by atoms with E-state index in [1.54, 1.807) is 0 Å². The lowest BCUT2D eigenvalue weighted by Crippen LogP contribution is -2.46. The standard InChI is InChI=1S/C17H22N2O3/c1-10-4-6-18(7-5-10)13(20)9-19-16(21)14-11-2-3-12(8-11)15(14)17(19)22/h2-3,10-12,14-15H,4-9H2,1H3/t11-,12-,14-,15+/m0/s1. The Bertz CT molecular complexity index is 532. The number of imide groups is 1. The van der Waals surface area contributed by atoms with Crippen LogP contribution in [0.3, 0.4) is 0 Å². The van der Waals surface area contributed by atoms with E-state index in [1.807, 2.05) is 4.90 Å². The number of amides is 3. The third-order valence-corrected chi connectivity index (χ3v) is 5.99. The first-order valence-electron chi connectivity index (χ1n) is 8.37. The molecule has 5 heteroatoms. The number of nitrogens with zero attached hydrogens (tertiary/aromatic N) is 2. The summed E-state index contributed by atoms with van der Waals surface area (Å²) in [7, 11) is 0. The summed E-state index contributed by atoms with van der Waals surface area (Å²) in [6.45, 7) is 3.63. The minimum Gasteiger partial charge on any atom is -0.341 e. The average Bonchev–Trinajstić information content (AvgIpc) is 3.17. The molecule has 0 aromatic carbocycles. The van der Waals surface area contributed by atoms with E-state index in [0.29, 0.717) is 5.92 Å². The van der Waals surface area contributed by atoms with Crippen LogP contribution >= 0.6 is 0 Å². The molecule has 4 aliphatic rings. The Morgan fingerprint density at radius 2 is 1.64 bits per heavy atom. The molecule has 3 amide bonds. The van der Waals surface area contributed by atoms with E-state index < -0.39 is 0 Å². The summed E-state index contributed by atoms with van der Waals surface area (Å²) in [5.41, 5.74) is 0. The van der Waals surface area contributed by atoms with E-state index in [1.165, 1.54) is 4.90 Å². The van der Waals surface area contributed by atoms with E-state index in [9.17, 15) is 14.4 Å². The van der Waals surface area contributed by atoms with E-state index in [-0.39, 0.29) is 47.9 Å². The average molecular weight is 302 g/mol. The number of likely N-dealkylation sites (tertiary alicyclic amines) is 2. The van der Waals surface area contributed by atoms with Gasteiger partial charge >= 0.3 is 0 Å². The van der Waals surface area contributed by atoms with Gasteiger partial charge in [-0.15, -0.1) is 0 Å². The van der Waals surface area contributed by atoms with E-state index in [2.05, 4.69) is 19.1 Å². The highest BCUT2D eigenvalue weighted by Crippen LogP contribution is 2.52. The second-order valence-corrected chi connectivity index (χ2v) is 7.33. The third-order valence-electron chi connectivity index (χ3n) is 5.99. The van der Waals surface area contributed by atoms with Crippen molar-refractivity contribution < 1.29 is 14.4 Å². The van der Waals surface area contributed by atoms with Crippen LogP contribution in [-0.2, 0) is 14.4 Å². The first-order valence-corrected chi connectivity index (χ1v) is 8.37. The fraction of sp³-hybridized carbons (Fsp3) is 0.706. The number of carbonyl (C=O) groups is 3. The smallest absolute Gasteiger partial charge is 0.242 e. The number of hydrogen-bond donors (Lipinski definition) is 0. The molecule has 0 N–H and O–H groups in total. The predicted octanol–water partition coefficient (Wildman–Crippen LogP) is 1.05. The van der Waals surface area contributed by atoms with Crippen molar-refractivity contribution in [1.29, 1.82) is 0 Å². The Labute approximate surface area is 130 Å². The Morgan fingerprint density at radius 1 is 1.09 bits per heavy atom. The van der Waals surface area contributed by atoms with E-state index in [4.69, 9.17) is 0 Å². The largest absolute Gasteiger partial charge is 0.341 e. The summed E-state index contributed by atoms with van der Waals surface area (Å²) in [6.07, 6.45) is 7.10. The van der Waals surface area contributed by atoms with Gasteiger partial charge in [-0.2, -0.15) is 0 Å². The molecule has 0 spiro atoms. The maximum atomic E-state index is 12.6. The summed E-state index contributed by atoms with van der Waals surface area (Å²) < 4.78 is 0. The molecule has 22 heavy (non-hydrogen) atoms. The minimum atomic E-state index is -0.198. The SMILES string of the molecule is CC1CCN(C(=O)CN2C(=O)[C@@H]3[C@H](C2=O)[C@H]2C=C[C@H]3C2)CC1. The molecule has 4 rings (SSSR count). The van der Waals surface area contributed by atoms with Gasteiger partial charge in [0.1, 0.15) is 6.54 Å². The molecular weight excluding hydrogens is 280 g/mol. The fourth-order valence-corrected chi connectivity index (χ4v) is 4.61. The van der Waals surface area contributed by atoms with Gasteiger partial charge < -0.3 is 4.90 Å². The quantitative estimate of drug-likeness (QED) is 0.566. The van der Waals surface area contributed by atoms with Crippen molar-refractivity contribution in [3.05, 3.63) is 12.2 Å². The molecule has 4 atom stereocenters. The van der Waals surface area contributed by atoms with Crippen LogP contribution in [0.1, 0.15) is 26.2 Å². The lowest BCUT2D eigenvalue weighted by molar-refractivity contribution is -0.147. The van der Waals surface area contributed by atoms with Crippen LogP contribution in [0.4, 0.5) is 0 Å². The number of allylic oxidation sites excluding steroid dienone is 2. The first-order chi connectivity index (χ1) is 10.6. The molecule has 5 nitrogen and oxygen atoms in total. The first kappa shape index (κ1) is 14.0. The lowest BCUT2D eigenvalue weighted by Gasteiger charge is -2.31. The number of fused-ring (bicyclic) bond motifs is 5. The van der Waals surface area contributed by atoms with Crippen molar-refractivity contribution in [2.24, 2.45) is 29.6 Å². The van der Waals surface area contributed by atoms with Crippen molar-refractivity contribution in [3.63, 3.8) is 0 Å². The van der Waals surface area contributed by atoms with Crippen molar-refractivity contribution in [2.45, 2.75) is 26.2 Å². The van der Waals surface area contributed by atoms with Gasteiger partial charge in [0.05, 0.1) is 11.8 Å². The summed E-state index contributed by atoms with van der Waals surface area (Å²) in [4.78, 5) is 40.6. The highest BCUT2D eigenvalue weighted by atomic mass is 16.2. The Hall–Kier alpha value is -1.65. The molecule has 2 aliphatic carbocycles. The van der Waals surface area contributed by atoms with Gasteiger partial charge in [0.25, 0.3) is 0 Å². The molecule has 2 aliphatic heterocycles. The highest BCUT2D eigenvalue weighted by molar-refractivity contribution is 6.08. The molecule has 2 saturated heterocycles. The maximum Gasteiger partial charge on any atom is 0.242 e. The third kappa shape index (κ3) is 1.94. The Morgan fingerprint density at radius 3 is 2.18 bits per heavy atom. The summed E-state index contributed by atoms with van der Waals surface area (Å²) >= 11 is 0. The summed E-state index contributed by atoms with van der Waals surface area (Å²) in [5, 5.41) is 0. The molecular formula is C17H22N2O3. The number of hydrogen-bond acceptors (Lipinski definition) is 3. The molecule has 2 heterocycles. The summed E-state index contributed by atoms with van der Waals surface area (Å²) in [6, 6.07) is 0. The van der Waals surface area contributed by atoms with Crippen LogP contribution < -0.4 is 0 Å². The van der Waals surface area contributed by atoms with Crippen LogP contribution in [-0.4, -0.2) is 47.2 Å². The van der Waals surface area contributed by atoms with Gasteiger partial charge in [-0.25, -0.2) is 0 Å². The summed E-state index contributed by atoms with van der Waals surface area (Å²) in [5.74, 6) is 0.364. The van der Waals surface area contributed by atoms with Crippen molar-refractivity contribution in [1.82, 2.24) is 9.80 Å². The number of carbonyl (C=O) groups excluding carboxylic acids is 3. The topological polar surface area (TPSA) is 57.7 Å². The van der Waals surface area contributed by atoms with Crippen LogP contribution in [0.15, 0.2) is 12.2 Å². The zero-order valence-corrected chi connectivity index (χ0v) is 12.9. The van der Waals surface area contributed by atoms with Gasteiger partial charge in [0.15, 0.2) is 0 Å². The molecule has 0 unspecified atom stereocenters. The van der Waals surface area contributed by atoms with Crippen LogP contribution in [0.2, 0.25) is 0 Å².